The lowest BCUT2D eigenvalue weighted by molar-refractivity contribution is -0.142. The van der Waals surface area contributed by atoms with Crippen LogP contribution in [0.15, 0.2) is 11.6 Å². The summed E-state index contributed by atoms with van der Waals surface area (Å²) in [5, 5.41) is 14.1. The fourth-order valence-corrected chi connectivity index (χ4v) is 9.77. The first-order chi connectivity index (χ1) is 14.3. The van der Waals surface area contributed by atoms with Gasteiger partial charge in [-0.1, -0.05) is 39.3 Å². The Balaban J connectivity index is 1.27. The van der Waals surface area contributed by atoms with Gasteiger partial charge in [-0.15, -0.1) is 0 Å². The van der Waals surface area contributed by atoms with Crippen molar-refractivity contribution >= 4 is 0 Å². The van der Waals surface area contributed by atoms with Crippen molar-refractivity contribution in [2.45, 2.75) is 103 Å². The molecule has 0 radical (unpaired) electrons. The molecule has 30 heavy (non-hydrogen) atoms. The first kappa shape index (κ1) is 20.2. The molecule has 3 heteroatoms. The molecule has 0 amide bonds. The van der Waals surface area contributed by atoms with Crippen LogP contribution < -0.4 is 5.32 Å². The molecule has 2 N–H and O–H groups in total. The molecule has 12 atom stereocenters. The van der Waals surface area contributed by atoms with Gasteiger partial charge in [0.25, 0.3) is 0 Å². The van der Waals surface area contributed by atoms with Crippen LogP contribution >= 0.6 is 0 Å². The summed E-state index contributed by atoms with van der Waals surface area (Å²) in [6.07, 6.45) is 12.6. The Bertz CT molecular complexity index is 734. The van der Waals surface area contributed by atoms with Gasteiger partial charge in [0.1, 0.15) is 0 Å². The van der Waals surface area contributed by atoms with E-state index in [2.05, 4.69) is 39.1 Å². The predicted molar refractivity (Wildman–Crippen MR) is 120 cm³/mol. The Morgan fingerprint density at radius 2 is 1.87 bits per heavy atom. The molecule has 2 unspecified atom stereocenters. The van der Waals surface area contributed by atoms with E-state index in [0.29, 0.717) is 29.4 Å². The van der Waals surface area contributed by atoms with Crippen molar-refractivity contribution in [1.29, 1.82) is 0 Å². The van der Waals surface area contributed by atoms with Crippen molar-refractivity contribution in [1.82, 2.24) is 5.32 Å². The first-order valence-electron chi connectivity index (χ1n) is 13.1. The van der Waals surface area contributed by atoms with Gasteiger partial charge in [0.2, 0.25) is 0 Å². The van der Waals surface area contributed by atoms with Crippen LogP contribution in [-0.4, -0.2) is 35.5 Å². The van der Waals surface area contributed by atoms with E-state index in [1.54, 1.807) is 5.57 Å². The molecule has 0 bridgehead atoms. The van der Waals surface area contributed by atoms with Crippen LogP contribution in [0.3, 0.4) is 0 Å². The van der Waals surface area contributed by atoms with Gasteiger partial charge in [-0.05, 0) is 98.8 Å². The molecule has 2 saturated heterocycles. The molecule has 168 valence electrons. The smallest absolute Gasteiger partial charge is 0.0756 e. The second-order valence-electron chi connectivity index (χ2n) is 12.6. The number of allylic oxidation sites excluding steroid dienone is 1. The lowest BCUT2D eigenvalue weighted by Gasteiger charge is -2.50. The number of aliphatic hydroxyl groups is 1. The number of hydrogen-bond donors (Lipinski definition) is 2. The number of fused-ring (bicyclic) bond motifs is 6. The Labute approximate surface area is 183 Å². The molecular formula is C27H43NO2. The van der Waals surface area contributed by atoms with Crippen molar-refractivity contribution < 1.29 is 9.84 Å². The first-order valence-corrected chi connectivity index (χ1v) is 13.1. The molecule has 0 aromatic heterocycles. The summed E-state index contributed by atoms with van der Waals surface area (Å²) in [4.78, 5) is 0. The minimum Gasteiger partial charge on any atom is -0.393 e. The number of hydrogen-bond acceptors (Lipinski definition) is 3. The van der Waals surface area contributed by atoms with E-state index in [-0.39, 0.29) is 11.7 Å². The van der Waals surface area contributed by atoms with Crippen molar-refractivity contribution in [3.8, 4) is 0 Å². The molecule has 2 heterocycles. The maximum Gasteiger partial charge on any atom is 0.0756 e. The number of nitrogens with one attached hydrogen (secondary N) is 1. The topological polar surface area (TPSA) is 41.5 Å². The van der Waals surface area contributed by atoms with Crippen LogP contribution in [0.1, 0.15) is 79.1 Å². The van der Waals surface area contributed by atoms with Crippen molar-refractivity contribution in [3.63, 3.8) is 0 Å². The number of ether oxygens (including phenoxy) is 1. The van der Waals surface area contributed by atoms with Crippen molar-refractivity contribution in [2.75, 3.05) is 6.54 Å². The van der Waals surface area contributed by atoms with Crippen molar-refractivity contribution in [2.24, 2.45) is 46.8 Å². The summed E-state index contributed by atoms with van der Waals surface area (Å²) in [7, 11) is 0. The van der Waals surface area contributed by atoms with Gasteiger partial charge in [0, 0.05) is 12.0 Å². The molecule has 4 aliphatic carbocycles. The Morgan fingerprint density at radius 1 is 1.03 bits per heavy atom. The summed E-state index contributed by atoms with van der Waals surface area (Å²) >= 11 is 0. The van der Waals surface area contributed by atoms with Crippen LogP contribution in [0.2, 0.25) is 0 Å². The van der Waals surface area contributed by atoms with Crippen LogP contribution in [-0.2, 0) is 4.74 Å². The normalized spacial score (nSPS) is 59.8. The molecular weight excluding hydrogens is 370 g/mol. The Kier molecular flexibility index (Phi) is 4.60. The fraction of sp³-hybridized carbons (Fsp3) is 0.926. The largest absolute Gasteiger partial charge is 0.393 e. The molecule has 6 rings (SSSR count). The Hall–Kier alpha value is -0.380. The average Bonchev–Trinajstić information content (AvgIpc) is 3.23. The highest BCUT2D eigenvalue weighted by atomic mass is 16.5. The zero-order valence-electron chi connectivity index (χ0n) is 19.6. The van der Waals surface area contributed by atoms with Gasteiger partial charge in [-0.25, -0.2) is 0 Å². The van der Waals surface area contributed by atoms with Gasteiger partial charge in [-0.2, -0.15) is 0 Å². The third kappa shape index (κ3) is 2.61. The van der Waals surface area contributed by atoms with Crippen LogP contribution in [0.4, 0.5) is 0 Å². The van der Waals surface area contributed by atoms with Gasteiger partial charge in [0.05, 0.1) is 17.8 Å². The summed E-state index contributed by atoms with van der Waals surface area (Å²) in [6, 6.07) is 0.564. The third-order valence-electron chi connectivity index (χ3n) is 11.5. The zero-order valence-corrected chi connectivity index (χ0v) is 19.6. The summed E-state index contributed by atoms with van der Waals surface area (Å²) in [5.74, 6) is 5.45. The molecule has 3 saturated carbocycles. The van der Waals surface area contributed by atoms with Crippen LogP contribution in [0.25, 0.3) is 0 Å². The van der Waals surface area contributed by atoms with Gasteiger partial charge < -0.3 is 15.2 Å². The number of aliphatic hydroxyl groups excluding tert-OH is 1. The Morgan fingerprint density at radius 3 is 2.70 bits per heavy atom. The van der Waals surface area contributed by atoms with E-state index >= 15 is 0 Å². The minimum atomic E-state index is -0.0993. The lowest BCUT2D eigenvalue weighted by atomic mass is 9.56. The number of piperidine rings is 1. The van der Waals surface area contributed by atoms with Gasteiger partial charge in [0.15, 0.2) is 0 Å². The predicted octanol–water partition coefficient (Wildman–Crippen LogP) is 4.94. The number of rotatable bonds is 0. The van der Waals surface area contributed by atoms with Gasteiger partial charge in [-0.3, -0.25) is 0 Å². The highest BCUT2D eigenvalue weighted by Crippen LogP contribution is 2.66. The molecule has 2 aliphatic heterocycles. The molecule has 1 spiro atoms. The second-order valence-corrected chi connectivity index (χ2v) is 12.6. The molecule has 0 aromatic rings. The van der Waals surface area contributed by atoms with Crippen LogP contribution in [0.5, 0.6) is 0 Å². The maximum absolute atomic E-state index is 10.3. The monoisotopic (exact) mass is 413 g/mol. The fourth-order valence-electron chi connectivity index (χ4n) is 9.77. The second kappa shape index (κ2) is 6.81. The SMILES string of the molecule is CC1C2C[C@H]3[C@@H](CC=C4C[C@@H](O)CC[C@@]43C)[C@@H]2CC[C@]12O[C@@H]1C[C@H](C)CN[C@H]1[C@H]2C. The molecule has 3 nitrogen and oxygen atoms in total. The average molecular weight is 414 g/mol. The lowest BCUT2D eigenvalue weighted by Crippen LogP contribution is -2.52. The van der Waals surface area contributed by atoms with E-state index in [9.17, 15) is 5.11 Å². The summed E-state index contributed by atoms with van der Waals surface area (Å²) in [5.41, 5.74) is 2.04. The molecule has 5 fully saturated rings. The standard InChI is InChI=1S/C27H43NO2/c1-15-11-24-25(28-14-15)17(3)27(30-24)10-8-20-21-6-5-18-12-19(29)7-9-26(18,4)23(21)13-22(20)16(27)2/h5,15-17,19-25,28-29H,6-14H2,1-4H3/t15-,16?,17+,19-,20-,21-,22?,23-,24+,25-,26-,27-/m0/s1. The van der Waals surface area contributed by atoms with E-state index in [4.69, 9.17) is 4.74 Å². The minimum absolute atomic E-state index is 0.0982. The quantitative estimate of drug-likeness (QED) is 0.553. The van der Waals surface area contributed by atoms with Crippen molar-refractivity contribution in [3.05, 3.63) is 11.6 Å². The highest BCUT2D eigenvalue weighted by Gasteiger charge is 2.64. The van der Waals surface area contributed by atoms with Gasteiger partial charge >= 0.3 is 0 Å². The molecule has 6 aliphatic rings. The van der Waals surface area contributed by atoms with E-state index in [1.165, 1.54) is 38.5 Å². The van der Waals surface area contributed by atoms with E-state index in [0.717, 1.165) is 49.0 Å². The zero-order chi connectivity index (χ0) is 20.8. The maximum atomic E-state index is 10.3. The van der Waals surface area contributed by atoms with E-state index < -0.39 is 0 Å². The highest BCUT2D eigenvalue weighted by molar-refractivity contribution is 5.26. The summed E-state index contributed by atoms with van der Waals surface area (Å²) in [6.45, 7) is 11.1. The molecule has 0 aromatic carbocycles. The van der Waals surface area contributed by atoms with Crippen LogP contribution in [0, 0.1) is 46.8 Å². The third-order valence-corrected chi connectivity index (χ3v) is 11.5. The summed E-state index contributed by atoms with van der Waals surface area (Å²) < 4.78 is 7.09. The van der Waals surface area contributed by atoms with E-state index in [1.807, 2.05) is 0 Å².